The normalized spacial score (nSPS) is 21.9. The van der Waals surface area contributed by atoms with Crippen LogP contribution in [0, 0.1) is 11.3 Å². The predicted molar refractivity (Wildman–Crippen MR) is 152 cm³/mol. The number of aliphatic hydroxyl groups excluding tert-OH is 1. The Bertz CT molecular complexity index is 1020. The van der Waals surface area contributed by atoms with E-state index in [9.17, 15) is 19.5 Å². The summed E-state index contributed by atoms with van der Waals surface area (Å²) in [5.74, 6) is -0.401. The van der Waals surface area contributed by atoms with Crippen LogP contribution in [0.15, 0.2) is 18.3 Å². The third-order valence-electron chi connectivity index (χ3n) is 7.33. The maximum Gasteiger partial charge on any atom is 0.408 e. The zero-order valence-electron chi connectivity index (χ0n) is 24.5. The van der Waals surface area contributed by atoms with Crippen LogP contribution in [0.2, 0.25) is 5.02 Å². The number of carbonyl (C=O) groups excluding carboxylic acids is 3. The van der Waals surface area contributed by atoms with Crippen molar-refractivity contribution in [1.29, 1.82) is 0 Å². The molecule has 1 saturated heterocycles. The lowest BCUT2D eigenvalue weighted by Crippen LogP contribution is -2.61. The Hall–Kier alpha value is -2.59. The van der Waals surface area contributed by atoms with Crippen LogP contribution >= 0.6 is 11.6 Å². The molecule has 1 aliphatic heterocycles. The molecule has 0 bridgehead atoms. The minimum absolute atomic E-state index is 0.0568. The highest BCUT2D eigenvalue weighted by Gasteiger charge is 2.44. The van der Waals surface area contributed by atoms with Crippen molar-refractivity contribution >= 4 is 29.5 Å². The third-order valence-corrected chi connectivity index (χ3v) is 7.56. The van der Waals surface area contributed by atoms with Gasteiger partial charge in [0.2, 0.25) is 17.7 Å². The molecule has 10 nitrogen and oxygen atoms in total. The molecule has 3 N–H and O–H groups in total. The first-order valence-corrected chi connectivity index (χ1v) is 14.5. The van der Waals surface area contributed by atoms with Crippen LogP contribution in [0.25, 0.3) is 0 Å². The molecule has 0 spiro atoms. The largest absolute Gasteiger partial charge is 0.472 e. The van der Waals surface area contributed by atoms with Crippen molar-refractivity contribution in [3.8, 4) is 5.88 Å². The Balaban J connectivity index is 1.77. The SMILES string of the molecule is CC(C)(C)OC(=O)N[C@H](C(=O)N[C@H](C(=O)N1C[C@H](Oc2ccc(Cl)cn2)C[C@H]1CO)C(C)(C)C)C1CCCCC1. The number of carbonyl (C=O) groups is 3. The maximum absolute atomic E-state index is 13.9. The summed E-state index contributed by atoms with van der Waals surface area (Å²) in [7, 11) is 0. The summed E-state index contributed by atoms with van der Waals surface area (Å²) in [5, 5.41) is 16.3. The lowest BCUT2D eigenvalue weighted by atomic mass is 9.82. The van der Waals surface area contributed by atoms with Gasteiger partial charge in [0, 0.05) is 18.7 Å². The summed E-state index contributed by atoms with van der Waals surface area (Å²) < 4.78 is 11.4. The zero-order chi connectivity index (χ0) is 29.7. The summed E-state index contributed by atoms with van der Waals surface area (Å²) in [5.41, 5.74) is -1.36. The Morgan fingerprint density at radius 2 is 1.77 bits per heavy atom. The van der Waals surface area contributed by atoms with Gasteiger partial charge < -0.3 is 30.1 Å². The van der Waals surface area contributed by atoms with E-state index in [0.717, 1.165) is 32.1 Å². The Labute approximate surface area is 242 Å². The summed E-state index contributed by atoms with van der Waals surface area (Å²) in [6.45, 7) is 10.9. The van der Waals surface area contributed by atoms with E-state index < -0.39 is 41.1 Å². The average molecular weight is 581 g/mol. The lowest BCUT2D eigenvalue weighted by molar-refractivity contribution is -0.141. The van der Waals surface area contributed by atoms with Crippen molar-refractivity contribution < 1.29 is 29.0 Å². The van der Waals surface area contributed by atoms with Gasteiger partial charge in [0.05, 0.1) is 24.2 Å². The fraction of sp³-hybridized carbons (Fsp3) is 0.724. The van der Waals surface area contributed by atoms with Crippen molar-refractivity contribution in [3.05, 3.63) is 23.4 Å². The summed E-state index contributed by atoms with van der Waals surface area (Å²) in [6.07, 6.45) is 5.51. The highest BCUT2D eigenvalue weighted by Crippen LogP contribution is 2.30. The Morgan fingerprint density at radius 3 is 2.33 bits per heavy atom. The quantitative estimate of drug-likeness (QED) is 0.422. The number of hydrogen-bond donors (Lipinski definition) is 3. The molecular formula is C29H45ClN4O6. The van der Waals surface area contributed by atoms with Crippen molar-refractivity contribution in [2.45, 2.75) is 110 Å². The number of hydrogen-bond acceptors (Lipinski definition) is 7. The van der Waals surface area contributed by atoms with Gasteiger partial charge in [-0.3, -0.25) is 9.59 Å². The first-order valence-electron chi connectivity index (χ1n) is 14.2. The molecule has 2 aliphatic rings. The van der Waals surface area contributed by atoms with Gasteiger partial charge in [0.15, 0.2) is 0 Å². The predicted octanol–water partition coefficient (Wildman–Crippen LogP) is 4.08. The minimum Gasteiger partial charge on any atom is -0.472 e. The van der Waals surface area contributed by atoms with E-state index in [-0.39, 0.29) is 31.1 Å². The molecule has 1 saturated carbocycles. The first-order chi connectivity index (χ1) is 18.7. The number of likely N-dealkylation sites (tertiary alicyclic amines) is 1. The molecule has 4 atom stereocenters. The number of alkyl carbamates (subject to hydrolysis) is 1. The van der Waals surface area contributed by atoms with Crippen molar-refractivity contribution in [1.82, 2.24) is 20.5 Å². The van der Waals surface area contributed by atoms with Crippen molar-refractivity contribution in [3.63, 3.8) is 0 Å². The van der Waals surface area contributed by atoms with E-state index in [1.807, 2.05) is 20.8 Å². The average Bonchev–Trinajstić information content (AvgIpc) is 3.28. The van der Waals surface area contributed by atoms with Crippen LogP contribution in [-0.2, 0) is 14.3 Å². The van der Waals surface area contributed by atoms with E-state index >= 15 is 0 Å². The van der Waals surface area contributed by atoms with Gasteiger partial charge in [0.1, 0.15) is 23.8 Å². The molecule has 0 unspecified atom stereocenters. The van der Waals surface area contributed by atoms with E-state index in [2.05, 4.69) is 15.6 Å². The standard InChI is InChI=1S/C29H45ClN4O6/c1-28(2,3)24(26(37)34-16-21(14-20(34)17-35)39-22-13-12-19(30)15-31-22)33-25(36)23(18-10-8-7-9-11-18)32-27(38)40-29(4,5)6/h12-13,15,18,20-21,23-24,35H,7-11,14,16-17H2,1-6H3,(H,32,38)(H,33,36)/t20-,21+,23-,24+/m0/s1. The van der Waals surface area contributed by atoms with Crippen molar-refractivity contribution in [2.75, 3.05) is 13.2 Å². The molecule has 3 amide bonds. The minimum atomic E-state index is -0.895. The number of nitrogens with one attached hydrogen (secondary N) is 2. The molecule has 1 aliphatic carbocycles. The number of halogens is 1. The summed E-state index contributed by atoms with van der Waals surface area (Å²) in [4.78, 5) is 46.1. The second kappa shape index (κ2) is 13.4. The molecule has 3 rings (SSSR count). The van der Waals surface area contributed by atoms with Gasteiger partial charge in [-0.1, -0.05) is 51.6 Å². The molecule has 1 aromatic heterocycles. The molecule has 0 radical (unpaired) electrons. The fourth-order valence-electron chi connectivity index (χ4n) is 5.35. The lowest BCUT2D eigenvalue weighted by Gasteiger charge is -2.37. The molecular weight excluding hydrogens is 536 g/mol. The molecule has 1 aromatic rings. The Kier molecular flexibility index (Phi) is 10.7. The summed E-state index contributed by atoms with van der Waals surface area (Å²) >= 11 is 5.92. The zero-order valence-corrected chi connectivity index (χ0v) is 25.3. The number of ether oxygens (including phenoxy) is 2. The molecule has 2 fully saturated rings. The number of rotatable bonds is 8. The highest BCUT2D eigenvalue weighted by molar-refractivity contribution is 6.30. The van der Waals surface area contributed by atoms with Crippen LogP contribution in [0.1, 0.15) is 80.1 Å². The number of nitrogens with zero attached hydrogens (tertiary/aromatic N) is 2. The molecule has 2 heterocycles. The second-order valence-electron chi connectivity index (χ2n) is 12.9. The van der Waals surface area contributed by atoms with Gasteiger partial charge in [-0.15, -0.1) is 0 Å². The van der Waals surface area contributed by atoms with E-state index in [0.29, 0.717) is 17.3 Å². The third kappa shape index (κ3) is 8.96. The second-order valence-corrected chi connectivity index (χ2v) is 13.4. The van der Waals surface area contributed by atoms with Gasteiger partial charge in [-0.2, -0.15) is 0 Å². The van der Waals surface area contributed by atoms with Gasteiger partial charge in [0.25, 0.3) is 0 Å². The van der Waals surface area contributed by atoms with E-state index in [1.54, 1.807) is 37.8 Å². The van der Waals surface area contributed by atoms with Crippen LogP contribution in [0.4, 0.5) is 4.79 Å². The number of pyridine rings is 1. The van der Waals surface area contributed by atoms with Crippen LogP contribution in [0.5, 0.6) is 5.88 Å². The van der Waals surface area contributed by atoms with Crippen LogP contribution < -0.4 is 15.4 Å². The monoisotopic (exact) mass is 580 g/mol. The van der Waals surface area contributed by atoms with Crippen molar-refractivity contribution in [2.24, 2.45) is 11.3 Å². The fourth-order valence-corrected chi connectivity index (χ4v) is 5.46. The molecule has 40 heavy (non-hydrogen) atoms. The van der Waals surface area contributed by atoms with Gasteiger partial charge in [-0.25, -0.2) is 9.78 Å². The first kappa shape index (κ1) is 31.9. The van der Waals surface area contributed by atoms with E-state index in [1.165, 1.54) is 6.20 Å². The van der Waals surface area contributed by atoms with Gasteiger partial charge >= 0.3 is 6.09 Å². The Morgan fingerprint density at radius 1 is 1.10 bits per heavy atom. The summed E-state index contributed by atoms with van der Waals surface area (Å²) in [6, 6.07) is 1.13. The molecule has 11 heteroatoms. The highest BCUT2D eigenvalue weighted by atomic mass is 35.5. The van der Waals surface area contributed by atoms with E-state index in [4.69, 9.17) is 21.1 Å². The molecule has 224 valence electrons. The number of aromatic nitrogens is 1. The number of aliphatic hydroxyl groups is 1. The maximum atomic E-state index is 13.9. The van der Waals surface area contributed by atoms with Crippen LogP contribution in [0.3, 0.4) is 0 Å². The molecule has 0 aromatic carbocycles. The topological polar surface area (TPSA) is 130 Å². The number of amides is 3. The van der Waals surface area contributed by atoms with Crippen LogP contribution in [-0.4, -0.2) is 75.9 Å². The van der Waals surface area contributed by atoms with Gasteiger partial charge in [-0.05, 0) is 51.0 Å². The smallest absolute Gasteiger partial charge is 0.408 e.